The second kappa shape index (κ2) is 9.46. The Bertz CT molecular complexity index is 746. The minimum Gasteiger partial charge on any atom is -0.338 e. The van der Waals surface area contributed by atoms with Crippen molar-refractivity contribution in [1.82, 2.24) is 15.5 Å². The molecule has 0 radical (unpaired) electrons. The summed E-state index contributed by atoms with van der Waals surface area (Å²) in [5.41, 5.74) is 1.96. The van der Waals surface area contributed by atoms with Gasteiger partial charge in [0.25, 0.3) is 0 Å². The van der Waals surface area contributed by atoms with Crippen LogP contribution >= 0.6 is 0 Å². The van der Waals surface area contributed by atoms with E-state index in [-0.39, 0.29) is 12.1 Å². The molecule has 3 rings (SSSR count). The van der Waals surface area contributed by atoms with Crippen molar-refractivity contribution in [2.75, 3.05) is 19.6 Å². The van der Waals surface area contributed by atoms with Gasteiger partial charge < -0.3 is 10.6 Å². The molecule has 2 amide bonds. The molecule has 6 heteroatoms. The number of carbonyl (C=O) groups is 1. The Morgan fingerprint density at radius 1 is 1.00 bits per heavy atom. The second-order valence-electron chi connectivity index (χ2n) is 6.93. The van der Waals surface area contributed by atoms with Gasteiger partial charge in [0.1, 0.15) is 0 Å². The third-order valence-corrected chi connectivity index (χ3v) is 4.86. The van der Waals surface area contributed by atoms with E-state index < -0.39 is 11.6 Å². The van der Waals surface area contributed by atoms with Crippen molar-refractivity contribution in [3.63, 3.8) is 0 Å². The number of amides is 2. The molecule has 0 aromatic heterocycles. The quantitative estimate of drug-likeness (QED) is 0.814. The van der Waals surface area contributed by atoms with Gasteiger partial charge in [-0.15, -0.1) is 0 Å². The minimum absolute atomic E-state index is 0.134. The molecule has 0 unspecified atom stereocenters. The summed E-state index contributed by atoms with van der Waals surface area (Å²) in [6.45, 7) is 2.82. The number of nitrogens with zero attached hydrogens (tertiary/aromatic N) is 1. The standard InChI is InChI=1S/C21H25F2N3O/c22-19-7-6-17(14-20(19)23)15-26-12-9-18(10-13-26)25-21(27)24-11-8-16-4-2-1-3-5-16/h1-7,14,18H,8-13,15H2,(H2,24,25,27). The number of nitrogens with one attached hydrogen (secondary N) is 2. The molecule has 1 aliphatic rings. The molecule has 2 N–H and O–H groups in total. The van der Waals surface area contributed by atoms with E-state index in [4.69, 9.17) is 0 Å². The predicted molar refractivity (Wildman–Crippen MR) is 101 cm³/mol. The topological polar surface area (TPSA) is 44.4 Å². The number of urea groups is 1. The molecule has 0 bridgehead atoms. The van der Waals surface area contributed by atoms with Crippen LogP contribution in [0.2, 0.25) is 0 Å². The molecule has 2 aromatic carbocycles. The smallest absolute Gasteiger partial charge is 0.315 e. The summed E-state index contributed by atoms with van der Waals surface area (Å²) in [4.78, 5) is 14.2. The van der Waals surface area contributed by atoms with Crippen molar-refractivity contribution in [3.8, 4) is 0 Å². The highest BCUT2D eigenvalue weighted by Gasteiger charge is 2.20. The van der Waals surface area contributed by atoms with Crippen molar-refractivity contribution in [2.45, 2.75) is 31.8 Å². The van der Waals surface area contributed by atoms with Crippen LogP contribution < -0.4 is 10.6 Å². The first-order chi connectivity index (χ1) is 13.1. The Morgan fingerprint density at radius 2 is 1.74 bits per heavy atom. The average Bonchev–Trinajstić information content (AvgIpc) is 2.67. The van der Waals surface area contributed by atoms with Crippen LogP contribution in [-0.4, -0.2) is 36.6 Å². The first kappa shape index (κ1) is 19.3. The Kier molecular flexibility index (Phi) is 6.76. The summed E-state index contributed by atoms with van der Waals surface area (Å²) in [6, 6.07) is 14.1. The summed E-state index contributed by atoms with van der Waals surface area (Å²) >= 11 is 0. The normalized spacial score (nSPS) is 15.5. The largest absolute Gasteiger partial charge is 0.338 e. The van der Waals surface area contributed by atoms with E-state index in [0.29, 0.717) is 13.1 Å². The van der Waals surface area contributed by atoms with Crippen LogP contribution in [0.5, 0.6) is 0 Å². The number of rotatable bonds is 6. The first-order valence-electron chi connectivity index (χ1n) is 9.35. The Morgan fingerprint density at radius 3 is 2.44 bits per heavy atom. The van der Waals surface area contributed by atoms with Gasteiger partial charge in [0.15, 0.2) is 11.6 Å². The average molecular weight is 373 g/mol. The Hall–Kier alpha value is -2.47. The number of benzene rings is 2. The SMILES string of the molecule is O=C(NCCc1ccccc1)NC1CCN(Cc2ccc(F)c(F)c2)CC1. The summed E-state index contributed by atoms with van der Waals surface area (Å²) in [7, 11) is 0. The minimum atomic E-state index is -0.820. The zero-order valence-electron chi connectivity index (χ0n) is 15.3. The van der Waals surface area contributed by atoms with Crippen LogP contribution in [0.4, 0.5) is 13.6 Å². The van der Waals surface area contributed by atoms with E-state index in [2.05, 4.69) is 15.5 Å². The van der Waals surface area contributed by atoms with Gasteiger partial charge in [-0.3, -0.25) is 4.90 Å². The lowest BCUT2D eigenvalue weighted by atomic mass is 10.0. The number of likely N-dealkylation sites (tertiary alicyclic amines) is 1. The van der Waals surface area contributed by atoms with Crippen molar-refractivity contribution in [1.29, 1.82) is 0 Å². The Labute approximate surface area is 158 Å². The molecule has 0 spiro atoms. The number of piperidine rings is 1. The first-order valence-corrected chi connectivity index (χ1v) is 9.35. The number of hydrogen-bond donors (Lipinski definition) is 2. The van der Waals surface area contributed by atoms with Crippen molar-refractivity contribution in [3.05, 3.63) is 71.3 Å². The van der Waals surface area contributed by atoms with Gasteiger partial charge in [0.2, 0.25) is 0 Å². The molecule has 1 fully saturated rings. The highest BCUT2D eigenvalue weighted by atomic mass is 19.2. The van der Waals surface area contributed by atoms with Gasteiger partial charge in [-0.2, -0.15) is 0 Å². The number of carbonyl (C=O) groups excluding carboxylic acids is 1. The fourth-order valence-corrected chi connectivity index (χ4v) is 3.33. The van der Waals surface area contributed by atoms with Crippen molar-refractivity contribution >= 4 is 6.03 Å². The molecule has 1 saturated heterocycles. The summed E-state index contributed by atoms with van der Waals surface area (Å²) in [5.74, 6) is -1.63. The fraction of sp³-hybridized carbons (Fsp3) is 0.381. The van der Waals surface area contributed by atoms with Crippen LogP contribution in [0, 0.1) is 11.6 Å². The third kappa shape index (κ3) is 6.03. The maximum atomic E-state index is 13.3. The molecule has 1 heterocycles. The summed E-state index contributed by atoms with van der Waals surface area (Å²) in [5, 5.41) is 5.92. The van der Waals surface area contributed by atoms with Crippen LogP contribution in [0.15, 0.2) is 48.5 Å². The molecule has 0 aliphatic carbocycles. The Balaban J connectivity index is 1.35. The predicted octanol–water partition coefficient (Wildman–Crippen LogP) is 3.47. The van der Waals surface area contributed by atoms with Crippen LogP contribution in [-0.2, 0) is 13.0 Å². The maximum absolute atomic E-state index is 13.3. The van der Waals surface area contributed by atoms with Gasteiger partial charge >= 0.3 is 6.03 Å². The zero-order chi connectivity index (χ0) is 19.1. The zero-order valence-corrected chi connectivity index (χ0v) is 15.3. The summed E-state index contributed by atoms with van der Waals surface area (Å²) in [6.07, 6.45) is 2.49. The molecular formula is C21H25F2N3O. The lowest BCUT2D eigenvalue weighted by molar-refractivity contribution is 0.186. The van der Waals surface area contributed by atoms with Crippen molar-refractivity contribution < 1.29 is 13.6 Å². The molecule has 0 saturated carbocycles. The van der Waals surface area contributed by atoms with Crippen LogP contribution in [0.1, 0.15) is 24.0 Å². The number of halogens is 2. The molecular weight excluding hydrogens is 348 g/mol. The fourth-order valence-electron chi connectivity index (χ4n) is 3.33. The molecule has 1 aliphatic heterocycles. The molecule has 27 heavy (non-hydrogen) atoms. The molecule has 4 nitrogen and oxygen atoms in total. The monoisotopic (exact) mass is 373 g/mol. The van der Waals surface area contributed by atoms with Gasteiger partial charge in [-0.1, -0.05) is 36.4 Å². The van der Waals surface area contributed by atoms with Crippen LogP contribution in [0.3, 0.4) is 0 Å². The van der Waals surface area contributed by atoms with E-state index in [0.717, 1.165) is 37.9 Å². The van der Waals surface area contributed by atoms with Gasteiger partial charge in [-0.05, 0) is 42.5 Å². The molecule has 144 valence electrons. The van der Waals surface area contributed by atoms with Crippen molar-refractivity contribution in [2.24, 2.45) is 0 Å². The lowest BCUT2D eigenvalue weighted by Gasteiger charge is -2.32. The van der Waals surface area contributed by atoms with E-state index in [1.54, 1.807) is 6.07 Å². The third-order valence-electron chi connectivity index (χ3n) is 4.86. The van der Waals surface area contributed by atoms with Gasteiger partial charge in [0.05, 0.1) is 0 Å². The lowest BCUT2D eigenvalue weighted by Crippen LogP contribution is -2.48. The molecule has 0 atom stereocenters. The van der Waals surface area contributed by atoms with E-state index >= 15 is 0 Å². The maximum Gasteiger partial charge on any atom is 0.315 e. The van der Waals surface area contributed by atoms with Gasteiger partial charge in [-0.25, -0.2) is 13.6 Å². The van der Waals surface area contributed by atoms with E-state index in [9.17, 15) is 13.6 Å². The van der Waals surface area contributed by atoms with E-state index in [1.165, 1.54) is 17.7 Å². The molecule has 2 aromatic rings. The number of hydrogen-bond acceptors (Lipinski definition) is 2. The highest BCUT2D eigenvalue weighted by Crippen LogP contribution is 2.15. The van der Waals surface area contributed by atoms with Gasteiger partial charge in [0, 0.05) is 32.2 Å². The second-order valence-corrected chi connectivity index (χ2v) is 6.93. The van der Waals surface area contributed by atoms with E-state index in [1.807, 2.05) is 30.3 Å². The van der Waals surface area contributed by atoms with Crippen LogP contribution in [0.25, 0.3) is 0 Å². The highest BCUT2D eigenvalue weighted by molar-refractivity contribution is 5.74. The summed E-state index contributed by atoms with van der Waals surface area (Å²) < 4.78 is 26.3.